The minimum atomic E-state index is -0.305. The van der Waals surface area contributed by atoms with Gasteiger partial charge in [-0.3, -0.25) is 14.4 Å². The van der Waals surface area contributed by atoms with Gasteiger partial charge in [-0.05, 0) is 43.7 Å². The van der Waals surface area contributed by atoms with Crippen LogP contribution in [0.25, 0.3) is 0 Å². The monoisotopic (exact) mass is 365 g/mol. The van der Waals surface area contributed by atoms with Gasteiger partial charge in [-0.2, -0.15) is 0 Å². The third-order valence-corrected chi connectivity index (χ3v) is 4.42. The van der Waals surface area contributed by atoms with Crippen LogP contribution in [0.3, 0.4) is 0 Å². The Morgan fingerprint density at radius 2 is 1.89 bits per heavy atom. The van der Waals surface area contributed by atoms with Gasteiger partial charge in [0, 0.05) is 42.4 Å². The number of rotatable bonds is 6. The third-order valence-electron chi connectivity index (χ3n) is 4.42. The summed E-state index contributed by atoms with van der Waals surface area (Å²) in [4.78, 5) is 38.0. The summed E-state index contributed by atoms with van der Waals surface area (Å²) in [6, 6.07) is 15.9. The van der Waals surface area contributed by atoms with Crippen LogP contribution in [0.4, 0.5) is 11.4 Å². The molecular weight excluding hydrogens is 342 g/mol. The molecular formula is C21H23N3O3. The van der Waals surface area contributed by atoms with E-state index in [1.807, 2.05) is 18.2 Å². The largest absolute Gasteiger partial charge is 0.349 e. The second-order valence-corrected chi connectivity index (χ2v) is 6.69. The maximum atomic E-state index is 12.3. The molecule has 1 aliphatic heterocycles. The second-order valence-electron chi connectivity index (χ2n) is 6.69. The average Bonchev–Trinajstić information content (AvgIpc) is 3.08. The van der Waals surface area contributed by atoms with E-state index in [0.717, 1.165) is 12.1 Å². The summed E-state index contributed by atoms with van der Waals surface area (Å²) in [5.41, 5.74) is 1.99. The van der Waals surface area contributed by atoms with Crippen LogP contribution in [0.5, 0.6) is 0 Å². The first-order chi connectivity index (χ1) is 13.0. The van der Waals surface area contributed by atoms with Crippen molar-refractivity contribution in [2.24, 2.45) is 0 Å². The molecule has 1 fully saturated rings. The maximum Gasteiger partial charge on any atom is 0.251 e. The van der Waals surface area contributed by atoms with Crippen LogP contribution in [0, 0.1) is 0 Å². The molecule has 0 spiro atoms. The van der Waals surface area contributed by atoms with Crippen LogP contribution < -0.4 is 15.5 Å². The van der Waals surface area contributed by atoms with Gasteiger partial charge >= 0.3 is 0 Å². The molecule has 6 nitrogen and oxygen atoms in total. The van der Waals surface area contributed by atoms with Crippen LogP contribution >= 0.6 is 0 Å². The van der Waals surface area contributed by atoms with Crippen molar-refractivity contribution in [2.45, 2.75) is 32.2 Å². The lowest BCUT2D eigenvalue weighted by molar-refractivity contribution is -0.117. The molecule has 1 aliphatic rings. The first-order valence-electron chi connectivity index (χ1n) is 9.09. The van der Waals surface area contributed by atoms with Gasteiger partial charge in [0.15, 0.2) is 0 Å². The number of hydrogen-bond donors (Lipinski definition) is 2. The molecule has 1 unspecified atom stereocenters. The summed E-state index contributed by atoms with van der Waals surface area (Å²) in [5.74, 6) is -0.290. The number of benzene rings is 2. The van der Waals surface area contributed by atoms with E-state index in [1.54, 1.807) is 48.2 Å². The van der Waals surface area contributed by atoms with E-state index in [-0.39, 0.29) is 30.2 Å². The normalized spacial score (nSPS) is 14.7. The van der Waals surface area contributed by atoms with E-state index < -0.39 is 0 Å². The summed E-state index contributed by atoms with van der Waals surface area (Å²) in [6.45, 7) is 2.50. The van der Waals surface area contributed by atoms with Crippen molar-refractivity contribution in [1.82, 2.24) is 5.32 Å². The maximum absolute atomic E-state index is 12.3. The molecule has 3 rings (SSSR count). The quantitative estimate of drug-likeness (QED) is 0.826. The SMILES string of the molecule is CC(CC(=O)Nc1cccc(N2CCCC2=O)c1)NC(=O)c1ccccc1. The molecule has 1 saturated heterocycles. The highest BCUT2D eigenvalue weighted by atomic mass is 16.2. The zero-order valence-corrected chi connectivity index (χ0v) is 15.3. The lowest BCUT2D eigenvalue weighted by Crippen LogP contribution is -2.35. The van der Waals surface area contributed by atoms with E-state index in [2.05, 4.69) is 10.6 Å². The Morgan fingerprint density at radius 1 is 1.11 bits per heavy atom. The molecule has 3 amide bonds. The van der Waals surface area contributed by atoms with Crippen molar-refractivity contribution in [3.8, 4) is 0 Å². The van der Waals surface area contributed by atoms with Gasteiger partial charge in [0.25, 0.3) is 5.91 Å². The molecule has 0 aliphatic carbocycles. The van der Waals surface area contributed by atoms with E-state index in [1.165, 1.54) is 0 Å². The Labute approximate surface area is 158 Å². The van der Waals surface area contributed by atoms with Gasteiger partial charge < -0.3 is 15.5 Å². The third kappa shape index (κ3) is 4.94. The van der Waals surface area contributed by atoms with Crippen molar-refractivity contribution in [2.75, 3.05) is 16.8 Å². The topological polar surface area (TPSA) is 78.5 Å². The highest BCUT2D eigenvalue weighted by Gasteiger charge is 2.22. The predicted octanol–water partition coefficient (Wildman–Crippen LogP) is 2.96. The lowest BCUT2D eigenvalue weighted by atomic mass is 10.1. The summed E-state index contributed by atoms with van der Waals surface area (Å²) < 4.78 is 0. The fourth-order valence-corrected chi connectivity index (χ4v) is 3.11. The number of nitrogens with zero attached hydrogens (tertiary/aromatic N) is 1. The van der Waals surface area contributed by atoms with Crippen LogP contribution in [-0.2, 0) is 9.59 Å². The van der Waals surface area contributed by atoms with Crippen LogP contribution in [0.1, 0.15) is 36.5 Å². The fourth-order valence-electron chi connectivity index (χ4n) is 3.11. The molecule has 1 atom stereocenters. The van der Waals surface area contributed by atoms with Gasteiger partial charge in [-0.1, -0.05) is 24.3 Å². The molecule has 27 heavy (non-hydrogen) atoms. The van der Waals surface area contributed by atoms with Crippen molar-refractivity contribution in [3.05, 3.63) is 60.2 Å². The first kappa shape index (κ1) is 18.6. The van der Waals surface area contributed by atoms with Crippen LogP contribution in [-0.4, -0.2) is 30.3 Å². The molecule has 0 radical (unpaired) electrons. The number of carbonyl (C=O) groups excluding carboxylic acids is 3. The molecule has 140 valence electrons. The van der Waals surface area contributed by atoms with Crippen LogP contribution in [0.15, 0.2) is 54.6 Å². The van der Waals surface area contributed by atoms with Crippen molar-refractivity contribution in [1.29, 1.82) is 0 Å². The zero-order valence-electron chi connectivity index (χ0n) is 15.3. The Hall–Kier alpha value is -3.15. The van der Waals surface area contributed by atoms with Gasteiger partial charge in [0.2, 0.25) is 11.8 Å². The Bertz CT molecular complexity index is 836. The number of anilines is 2. The first-order valence-corrected chi connectivity index (χ1v) is 9.09. The Morgan fingerprint density at radius 3 is 2.59 bits per heavy atom. The van der Waals surface area contributed by atoms with E-state index in [4.69, 9.17) is 0 Å². The molecule has 0 aromatic heterocycles. The molecule has 2 aromatic carbocycles. The molecule has 6 heteroatoms. The Kier molecular flexibility index (Phi) is 5.86. The van der Waals surface area contributed by atoms with Crippen molar-refractivity contribution < 1.29 is 14.4 Å². The van der Waals surface area contributed by atoms with Crippen molar-refractivity contribution >= 4 is 29.1 Å². The van der Waals surface area contributed by atoms with Crippen molar-refractivity contribution in [3.63, 3.8) is 0 Å². The molecule has 0 saturated carbocycles. The van der Waals surface area contributed by atoms with E-state index in [0.29, 0.717) is 24.2 Å². The predicted molar refractivity (Wildman–Crippen MR) is 105 cm³/mol. The smallest absolute Gasteiger partial charge is 0.251 e. The number of amides is 3. The van der Waals surface area contributed by atoms with Gasteiger partial charge in [0.05, 0.1) is 0 Å². The average molecular weight is 365 g/mol. The van der Waals surface area contributed by atoms with Gasteiger partial charge in [-0.15, -0.1) is 0 Å². The summed E-state index contributed by atoms with van der Waals surface area (Å²) in [5, 5.41) is 5.66. The van der Waals surface area contributed by atoms with Gasteiger partial charge in [0.1, 0.15) is 0 Å². The fraction of sp³-hybridized carbons (Fsp3) is 0.286. The second kappa shape index (κ2) is 8.49. The van der Waals surface area contributed by atoms with E-state index in [9.17, 15) is 14.4 Å². The highest BCUT2D eigenvalue weighted by molar-refractivity contribution is 5.97. The molecule has 1 heterocycles. The highest BCUT2D eigenvalue weighted by Crippen LogP contribution is 2.24. The summed E-state index contributed by atoms with van der Waals surface area (Å²) in [6.07, 6.45) is 1.58. The lowest BCUT2D eigenvalue weighted by Gasteiger charge is -2.17. The number of nitrogens with one attached hydrogen (secondary N) is 2. The standard InChI is InChI=1S/C21H23N3O3/c1-15(22-21(27)16-7-3-2-4-8-16)13-19(25)23-17-9-5-10-18(14-17)24-12-6-11-20(24)26/h2-5,7-10,14-15H,6,11-13H2,1H3,(H,22,27)(H,23,25). The molecule has 2 aromatic rings. The molecule has 0 bridgehead atoms. The number of hydrogen-bond acceptors (Lipinski definition) is 3. The minimum absolute atomic E-state index is 0.107. The number of carbonyl (C=O) groups is 3. The Balaban J connectivity index is 1.54. The van der Waals surface area contributed by atoms with Gasteiger partial charge in [-0.25, -0.2) is 0 Å². The summed E-state index contributed by atoms with van der Waals surface area (Å²) >= 11 is 0. The van der Waals surface area contributed by atoms with E-state index >= 15 is 0 Å². The zero-order chi connectivity index (χ0) is 19.2. The molecule has 2 N–H and O–H groups in total. The van der Waals surface area contributed by atoms with Crippen LogP contribution in [0.2, 0.25) is 0 Å². The minimum Gasteiger partial charge on any atom is -0.349 e. The summed E-state index contributed by atoms with van der Waals surface area (Å²) in [7, 11) is 0.